The van der Waals surface area contributed by atoms with E-state index in [0.717, 1.165) is 22.3 Å². The van der Waals surface area contributed by atoms with Crippen molar-refractivity contribution in [3.05, 3.63) is 144 Å². The molecule has 0 saturated carbocycles. The summed E-state index contributed by atoms with van der Waals surface area (Å²) in [6.07, 6.45) is -4.36. The van der Waals surface area contributed by atoms with Crippen molar-refractivity contribution >= 4 is 5.97 Å². The van der Waals surface area contributed by atoms with E-state index < -0.39 is 36.2 Å². The minimum atomic E-state index is -2.21. The van der Waals surface area contributed by atoms with Crippen LogP contribution in [0, 0.1) is 0 Å². The SMILES string of the molecule is COC(=O)[C@]1(OCc2ccccc2)O[C@H](COCc2ccccc2)[C@@H](OCc2ccccc2)[C@H](OCc2ccccc2)[C@H]1O. The van der Waals surface area contributed by atoms with Gasteiger partial charge in [-0.15, -0.1) is 0 Å². The van der Waals surface area contributed by atoms with Crippen LogP contribution in [0.2, 0.25) is 0 Å². The zero-order chi connectivity index (χ0) is 30.6. The number of aliphatic hydroxyl groups excluding tert-OH is 1. The van der Waals surface area contributed by atoms with Crippen LogP contribution in [-0.2, 0) is 59.6 Å². The predicted molar refractivity (Wildman–Crippen MR) is 163 cm³/mol. The second kappa shape index (κ2) is 15.7. The average Bonchev–Trinajstić information content (AvgIpc) is 3.08. The van der Waals surface area contributed by atoms with Gasteiger partial charge in [0.1, 0.15) is 24.4 Å². The molecule has 4 aromatic rings. The maximum absolute atomic E-state index is 13.5. The van der Waals surface area contributed by atoms with Crippen molar-refractivity contribution < 1.29 is 38.3 Å². The number of aliphatic hydroxyl groups is 1. The lowest BCUT2D eigenvalue weighted by atomic mass is 9.91. The van der Waals surface area contributed by atoms with E-state index in [9.17, 15) is 9.90 Å². The summed E-state index contributed by atoms with van der Waals surface area (Å²) in [4.78, 5) is 13.5. The maximum atomic E-state index is 13.5. The molecule has 1 aliphatic heterocycles. The van der Waals surface area contributed by atoms with Gasteiger partial charge in [-0.1, -0.05) is 121 Å². The molecule has 0 amide bonds. The molecule has 5 rings (SSSR count). The number of carbonyl (C=O) groups is 1. The van der Waals surface area contributed by atoms with Gasteiger partial charge in [0.2, 0.25) is 0 Å². The topological polar surface area (TPSA) is 92.7 Å². The minimum Gasteiger partial charge on any atom is -0.465 e. The summed E-state index contributed by atoms with van der Waals surface area (Å²) in [5.41, 5.74) is 3.57. The summed E-state index contributed by atoms with van der Waals surface area (Å²) >= 11 is 0. The Morgan fingerprint density at radius 3 is 1.57 bits per heavy atom. The van der Waals surface area contributed by atoms with Crippen LogP contribution < -0.4 is 0 Å². The molecule has 0 aliphatic carbocycles. The van der Waals surface area contributed by atoms with Crippen molar-refractivity contribution in [1.82, 2.24) is 0 Å². The normalized spacial score (nSPS) is 23.2. The van der Waals surface area contributed by atoms with Crippen molar-refractivity contribution in [2.24, 2.45) is 0 Å². The van der Waals surface area contributed by atoms with Crippen molar-refractivity contribution in [2.75, 3.05) is 13.7 Å². The van der Waals surface area contributed by atoms with Crippen molar-refractivity contribution in [3.63, 3.8) is 0 Å². The van der Waals surface area contributed by atoms with E-state index in [1.165, 1.54) is 7.11 Å². The average molecular weight is 599 g/mol. The molecular formula is C36H38O8. The van der Waals surface area contributed by atoms with Crippen LogP contribution in [0.15, 0.2) is 121 Å². The van der Waals surface area contributed by atoms with Gasteiger partial charge >= 0.3 is 5.97 Å². The van der Waals surface area contributed by atoms with Gasteiger partial charge in [-0.05, 0) is 22.3 Å². The van der Waals surface area contributed by atoms with E-state index in [1.54, 1.807) is 0 Å². The quantitative estimate of drug-likeness (QED) is 0.198. The van der Waals surface area contributed by atoms with Crippen LogP contribution >= 0.6 is 0 Å². The molecule has 1 saturated heterocycles. The summed E-state index contributed by atoms with van der Waals surface area (Å²) in [5, 5.41) is 11.9. The molecule has 230 valence electrons. The van der Waals surface area contributed by atoms with Crippen LogP contribution in [-0.4, -0.2) is 55.0 Å². The fourth-order valence-corrected chi connectivity index (χ4v) is 5.14. The molecule has 1 N–H and O–H groups in total. The Bertz CT molecular complexity index is 1400. The molecular weight excluding hydrogens is 560 g/mol. The number of hydrogen-bond donors (Lipinski definition) is 1. The summed E-state index contributed by atoms with van der Waals surface area (Å²) in [6.45, 7) is 0.685. The van der Waals surface area contributed by atoms with E-state index >= 15 is 0 Å². The highest BCUT2D eigenvalue weighted by molar-refractivity contribution is 5.79. The smallest absolute Gasteiger partial charge is 0.369 e. The molecule has 0 radical (unpaired) electrons. The molecule has 1 heterocycles. The Kier molecular flexibility index (Phi) is 11.3. The number of methoxy groups -OCH3 is 1. The molecule has 5 atom stereocenters. The number of ether oxygens (including phenoxy) is 6. The Morgan fingerprint density at radius 1 is 0.659 bits per heavy atom. The van der Waals surface area contributed by atoms with Gasteiger partial charge in [0.25, 0.3) is 5.79 Å². The van der Waals surface area contributed by atoms with Crippen LogP contribution in [0.3, 0.4) is 0 Å². The van der Waals surface area contributed by atoms with Crippen molar-refractivity contribution in [3.8, 4) is 0 Å². The largest absolute Gasteiger partial charge is 0.465 e. The van der Waals surface area contributed by atoms with Gasteiger partial charge in [-0.3, -0.25) is 0 Å². The minimum absolute atomic E-state index is 0.0223. The first-order valence-corrected chi connectivity index (χ1v) is 14.6. The number of esters is 1. The molecule has 0 spiro atoms. The van der Waals surface area contributed by atoms with E-state index in [4.69, 9.17) is 28.4 Å². The third-order valence-corrected chi connectivity index (χ3v) is 7.45. The van der Waals surface area contributed by atoms with E-state index in [-0.39, 0.29) is 26.4 Å². The van der Waals surface area contributed by atoms with Gasteiger partial charge in [0, 0.05) is 0 Å². The highest BCUT2D eigenvalue weighted by Gasteiger charge is 2.62. The lowest BCUT2D eigenvalue weighted by Crippen LogP contribution is -2.70. The highest BCUT2D eigenvalue weighted by Crippen LogP contribution is 2.37. The number of carbonyl (C=O) groups excluding carboxylic acids is 1. The Balaban J connectivity index is 1.47. The third kappa shape index (κ3) is 7.98. The number of hydrogen-bond acceptors (Lipinski definition) is 8. The standard InChI is InChI=1S/C36H38O8/c1-39-35(38)36(43-25-30-20-12-5-13-21-30)34(37)33(42-24-29-18-10-4-11-19-29)32(41-23-28-16-8-3-9-17-28)31(44-36)26-40-22-27-14-6-2-7-15-27/h2-21,31-34,37H,22-26H2,1H3/t31-,32-,33+,34-,36-/m1/s1. The first-order valence-electron chi connectivity index (χ1n) is 14.6. The molecule has 1 aliphatic rings. The van der Waals surface area contributed by atoms with Crippen LogP contribution in [0.4, 0.5) is 0 Å². The first-order chi connectivity index (χ1) is 21.6. The fraction of sp³-hybridized carbons (Fsp3) is 0.306. The van der Waals surface area contributed by atoms with Gasteiger partial charge in [-0.25, -0.2) is 4.79 Å². The first kappa shape index (κ1) is 31.5. The Labute approximate surface area is 258 Å². The number of rotatable bonds is 14. The summed E-state index contributed by atoms with van der Waals surface area (Å²) in [7, 11) is 1.23. The predicted octanol–water partition coefficient (Wildman–Crippen LogP) is 5.22. The Hall–Kier alpha value is -3.89. The molecule has 0 aromatic heterocycles. The van der Waals surface area contributed by atoms with E-state index in [0.29, 0.717) is 6.61 Å². The summed E-state index contributed by atoms with van der Waals surface area (Å²) < 4.78 is 36.7. The summed E-state index contributed by atoms with van der Waals surface area (Å²) in [6, 6.07) is 38.3. The van der Waals surface area contributed by atoms with Gasteiger partial charge in [0.05, 0.1) is 40.1 Å². The maximum Gasteiger partial charge on any atom is 0.369 e. The fourth-order valence-electron chi connectivity index (χ4n) is 5.14. The molecule has 0 bridgehead atoms. The molecule has 8 nitrogen and oxygen atoms in total. The summed E-state index contributed by atoms with van der Waals surface area (Å²) in [5.74, 6) is -3.09. The lowest BCUT2D eigenvalue weighted by molar-refractivity contribution is -0.366. The van der Waals surface area contributed by atoms with Gasteiger partial charge < -0.3 is 33.5 Å². The van der Waals surface area contributed by atoms with E-state index in [1.807, 2.05) is 121 Å². The Morgan fingerprint density at radius 2 is 1.09 bits per heavy atom. The lowest BCUT2D eigenvalue weighted by Gasteiger charge is -2.49. The van der Waals surface area contributed by atoms with E-state index in [2.05, 4.69) is 0 Å². The van der Waals surface area contributed by atoms with Crippen molar-refractivity contribution in [2.45, 2.75) is 56.6 Å². The zero-order valence-corrected chi connectivity index (χ0v) is 24.7. The molecule has 0 unspecified atom stereocenters. The highest BCUT2D eigenvalue weighted by atomic mass is 16.8. The van der Waals surface area contributed by atoms with Crippen LogP contribution in [0.1, 0.15) is 22.3 Å². The molecule has 8 heteroatoms. The van der Waals surface area contributed by atoms with Gasteiger partial charge in [0.15, 0.2) is 0 Å². The van der Waals surface area contributed by atoms with Crippen molar-refractivity contribution in [1.29, 1.82) is 0 Å². The number of benzene rings is 4. The van der Waals surface area contributed by atoms with Crippen LogP contribution in [0.5, 0.6) is 0 Å². The molecule has 1 fully saturated rings. The molecule has 44 heavy (non-hydrogen) atoms. The van der Waals surface area contributed by atoms with Gasteiger partial charge in [-0.2, -0.15) is 0 Å². The monoisotopic (exact) mass is 598 g/mol. The zero-order valence-electron chi connectivity index (χ0n) is 24.7. The molecule has 4 aromatic carbocycles. The third-order valence-electron chi connectivity index (χ3n) is 7.45. The van der Waals surface area contributed by atoms with Crippen LogP contribution in [0.25, 0.3) is 0 Å². The second-order valence-electron chi connectivity index (χ2n) is 10.6. The second-order valence-corrected chi connectivity index (χ2v) is 10.6.